The Kier molecular flexibility index (Phi) is 6.44. The van der Waals surface area contributed by atoms with Crippen LogP contribution in [-0.2, 0) is 0 Å². The molecule has 0 saturated heterocycles. The van der Waals surface area contributed by atoms with Gasteiger partial charge in [-0.1, -0.05) is 0 Å². The van der Waals surface area contributed by atoms with Crippen molar-refractivity contribution in [2.45, 2.75) is 6.92 Å². The van der Waals surface area contributed by atoms with Gasteiger partial charge in [-0.15, -0.1) is 0 Å². The Bertz CT molecular complexity index is 1840. The first-order valence-corrected chi connectivity index (χ1v) is 10.4. The van der Waals surface area contributed by atoms with Crippen LogP contribution in [0.3, 0.4) is 0 Å². The molecule has 0 aliphatic heterocycles. The van der Waals surface area contributed by atoms with Gasteiger partial charge in [0.05, 0.1) is 0 Å². The standard InChI is InChI=1S/C27H6F8N4/c1-9(29)23(31)21-17(10(5-36)6-37)12-2-13-15(3-14(12)19(21)16(30)4-28)20-22(18(13)11(7-38)8-39)25(33)27(35)26(34)24(20)32/h2-4H,1H3/b16-4-,23-9-. The number of benzene rings is 2. The molecule has 4 nitrogen and oxygen atoms in total. The second kappa shape index (κ2) is 9.45. The van der Waals surface area contributed by atoms with Gasteiger partial charge < -0.3 is 0 Å². The first kappa shape index (κ1) is 26.6. The van der Waals surface area contributed by atoms with Crippen LogP contribution in [0.4, 0.5) is 35.1 Å². The summed E-state index contributed by atoms with van der Waals surface area (Å²) in [4.78, 5) is 0. The molecule has 39 heavy (non-hydrogen) atoms. The Balaban J connectivity index is 2.34. The van der Waals surface area contributed by atoms with Crippen molar-refractivity contribution in [1.82, 2.24) is 0 Å². The molecule has 0 amide bonds. The van der Waals surface area contributed by atoms with E-state index in [1.807, 2.05) is 0 Å². The SMILES string of the molecule is C/C(F)=C(/F)C1=C(/C(F)=C/F)c2cc3c(cc2C1=C(C#N)C#N)C(=C(C#N)C#N)c1c(F)c(F)c(F)c(F)c1-3. The van der Waals surface area contributed by atoms with Crippen LogP contribution in [0, 0.1) is 68.6 Å². The van der Waals surface area contributed by atoms with E-state index in [0.717, 1.165) is 12.1 Å². The van der Waals surface area contributed by atoms with Gasteiger partial charge in [0.1, 0.15) is 47.6 Å². The minimum atomic E-state index is -2.27. The summed E-state index contributed by atoms with van der Waals surface area (Å²) in [5.41, 5.74) is -9.48. The third-order valence-corrected chi connectivity index (χ3v) is 6.06. The van der Waals surface area contributed by atoms with Crippen molar-refractivity contribution in [3.8, 4) is 35.4 Å². The third-order valence-electron chi connectivity index (χ3n) is 6.06. The highest BCUT2D eigenvalue weighted by molar-refractivity contribution is 6.13. The number of nitriles is 4. The molecule has 0 atom stereocenters. The van der Waals surface area contributed by atoms with E-state index >= 15 is 8.78 Å². The second-order valence-electron chi connectivity index (χ2n) is 7.95. The molecule has 0 spiro atoms. The van der Waals surface area contributed by atoms with Gasteiger partial charge in [0, 0.05) is 33.4 Å². The largest absolute Gasteiger partial charge is 0.212 e. The van der Waals surface area contributed by atoms with Crippen molar-refractivity contribution in [3.05, 3.63) is 98.2 Å². The van der Waals surface area contributed by atoms with Crippen LogP contribution in [0.15, 0.2) is 52.7 Å². The minimum absolute atomic E-state index is 0.455. The summed E-state index contributed by atoms with van der Waals surface area (Å²) in [6.07, 6.45) is -0.646. The average Bonchev–Trinajstić information content (AvgIpc) is 3.43. The quantitative estimate of drug-likeness (QED) is 0.145. The zero-order valence-corrected chi connectivity index (χ0v) is 19.0. The van der Waals surface area contributed by atoms with E-state index in [1.165, 1.54) is 24.3 Å². The zero-order valence-electron chi connectivity index (χ0n) is 19.0. The van der Waals surface area contributed by atoms with Crippen LogP contribution in [0.25, 0.3) is 27.8 Å². The van der Waals surface area contributed by atoms with Crippen LogP contribution in [0.1, 0.15) is 29.2 Å². The third kappa shape index (κ3) is 3.54. The monoisotopic (exact) mass is 538 g/mol. The van der Waals surface area contributed by atoms with E-state index < -0.39 is 114 Å². The molecular weight excluding hydrogens is 532 g/mol. The number of fused-ring (bicyclic) bond motifs is 4. The van der Waals surface area contributed by atoms with E-state index in [4.69, 9.17) is 0 Å². The zero-order chi connectivity index (χ0) is 28.9. The summed E-state index contributed by atoms with van der Waals surface area (Å²) in [7, 11) is 0. The van der Waals surface area contributed by atoms with Gasteiger partial charge in [0.2, 0.25) is 0 Å². The fourth-order valence-corrected chi connectivity index (χ4v) is 4.56. The Labute approximate surface area is 213 Å². The average molecular weight is 538 g/mol. The number of rotatable bonds is 2. The Hall–Kier alpha value is -5.46. The topological polar surface area (TPSA) is 95.2 Å². The molecule has 2 aliphatic carbocycles. The molecule has 190 valence electrons. The molecule has 2 aromatic rings. The lowest BCUT2D eigenvalue weighted by molar-refractivity contribution is 0.410. The predicted molar refractivity (Wildman–Crippen MR) is 119 cm³/mol. The van der Waals surface area contributed by atoms with Crippen LogP contribution in [0.5, 0.6) is 0 Å². The highest BCUT2D eigenvalue weighted by Gasteiger charge is 2.41. The first-order chi connectivity index (χ1) is 18.5. The van der Waals surface area contributed by atoms with Crippen molar-refractivity contribution in [1.29, 1.82) is 21.0 Å². The van der Waals surface area contributed by atoms with Gasteiger partial charge in [-0.2, -0.15) is 21.0 Å². The van der Waals surface area contributed by atoms with E-state index in [2.05, 4.69) is 0 Å². The molecule has 0 bridgehead atoms. The van der Waals surface area contributed by atoms with Crippen LogP contribution < -0.4 is 0 Å². The summed E-state index contributed by atoms with van der Waals surface area (Å²) >= 11 is 0. The van der Waals surface area contributed by atoms with Crippen molar-refractivity contribution in [2.75, 3.05) is 0 Å². The number of allylic oxidation sites excluding steroid dienone is 8. The summed E-state index contributed by atoms with van der Waals surface area (Å²) in [5.74, 6) is -13.7. The van der Waals surface area contributed by atoms with Gasteiger partial charge in [0.25, 0.3) is 0 Å². The summed E-state index contributed by atoms with van der Waals surface area (Å²) < 4.78 is 116. The smallest absolute Gasteiger partial charge is 0.198 e. The number of halogens is 8. The molecule has 0 N–H and O–H groups in total. The molecule has 0 aromatic heterocycles. The molecule has 4 rings (SSSR count). The Morgan fingerprint density at radius 2 is 1.10 bits per heavy atom. The number of hydrogen-bond acceptors (Lipinski definition) is 4. The van der Waals surface area contributed by atoms with Gasteiger partial charge in [-0.05, 0) is 41.3 Å². The predicted octanol–water partition coefficient (Wildman–Crippen LogP) is 7.59. The molecule has 0 unspecified atom stereocenters. The fourth-order valence-electron chi connectivity index (χ4n) is 4.56. The maximum Gasteiger partial charge on any atom is 0.198 e. The maximum atomic E-state index is 15.1. The molecule has 0 fully saturated rings. The van der Waals surface area contributed by atoms with E-state index in [0.29, 0.717) is 6.92 Å². The lowest BCUT2D eigenvalue weighted by atomic mass is 9.91. The molecule has 12 heteroatoms. The summed E-state index contributed by atoms with van der Waals surface area (Å²) in [5, 5.41) is 37.8. The summed E-state index contributed by atoms with van der Waals surface area (Å²) in [6, 6.07) is 7.23. The minimum Gasteiger partial charge on any atom is -0.212 e. The molecule has 2 aromatic carbocycles. The normalized spacial score (nSPS) is 14.0. The lowest BCUT2D eigenvalue weighted by Crippen LogP contribution is -2.02. The van der Waals surface area contributed by atoms with Crippen molar-refractivity contribution >= 4 is 16.7 Å². The van der Waals surface area contributed by atoms with E-state index in [-0.39, 0.29) is 0 Å². The van der Waals surface area contributed by atoms with Gasteiger partial charge in [-0.3, -0.25) is 0 Å². The van der Waals surface area contributed by atoms with Gasteiger partial charge >= 0.3 is 0 Å². The van der Waals surface area contributed by atoms with Crippen LogP contribution >= 0.6 is 0 Å². The maximum absolute atomic E-state index is 15.1. The van der Waals surface area contributed by atoms with Crippen LogP contribution in [-0.4, -0.2) is 0 Å². The first-order valence-electron chi connectivity index (χ1n) is 10.4. The molecule has 0 radical (unpaired) electrons. The fraction of sp³-hybridized carbons (Fsp3) is 0.0370. The number of hydrogen-bond donors (Lipinski definition) is 0. The van der Waals surface area contributed by atoms with Gasteiger partial charge in [0.15, 0.2) is 34.9 Å². The van der Waals surface area contributed by atoms with Crippen molar-refractivity contribution < 1.29 is 35.1 Å². The van der Waals surface area contributed by atoms with Gasteiger partial charge in [-0.25, -0.2) is 35.1 Å². The molecular formula is C27H6F8N4. The van der Waals surface area contributed by atoms with Crippen molar-refractivity contribution in [3.63, 3.8) is 0 Å². The highest BCUT2D eigenvalue weighted by Crippen LogP contribution is 2.56. The molecule has 2 aliphatic rings. The second-order valence-corrected chi connectivity index (χ2v) is 7.95. The van der Waals surface area contributed by atoms with E-state index in [1.54, 1.807) is 0 Å². The van der Waals surface area contributed by atoms with E-state index in [9.17, 15) is 47.4 Å². The lowest BCUT2D eigenvalue weighted by Gasteiger charge is -2.10. The Morgan fingerprint density at radius 1 is 0.641 bits per heavy atom. The molecule has 0 heterocycles. The van der Waals surface area contributed by atoms with Crippen LogP contribution in [0.2, 0.25) is 0 Å². The van der Waals surface area contributed by atoms with Crippen molar-refractivity contribution in [2.24, 2.45) is 0 Å². The summed E-state index contributed by atoms with van der Waals surface area (Å²) in [6.45, 7) is 0.606. The Morgan fingerprint density at radius 3 is 1.59 bits per heavy atom. The highest BCUT2D eigenvalue weighted by atomic mass is 19.2. The molecule has 0 saturated carbocycles. The number of nitrogens with zero attached hydrogens (tertiary/aromatic N) is 4.